The number of furan rings is 1. The highest BCUT2D eigenvalue weighted by Gasteiger charge is 2.13. The van der Waals surface area contributed by atoms with Crippen molar-refractivity contribution in [2.75, 3.05) is 19.8 Å². The van der Waals surface area contributed by atoms with E-state index in [2.05, 4.69) is 13.8 Å². The average molecular weight is 263 g/mol. The van der Waals surface area contributed by atoms with Crippen LogP contribution in [-0.2, 0) is 11.3 Å². The summed E-state index contributed by atoms with van der Waals surface area (Å²) in [6.07, 6.45) is 0. The second kappa shape index (κ2) is 6.59. The Morgan fingerprint density at radius 1 is 1.21 bits per heavy atom. The Labute approximate surface area is 113 Å². The summed E-state index contributed by atoms with van der Waals surface area (Å²) in [5.41, 5.74) is 6.49. The number of hydrogen-bond acceptors (Lipinski definition) is 4. The zero-order chi connectivity index (χ0) is 13.7. The number of hydrogen-bond donors (Lipinski definition) is 1. The maximum absolute atomic E-state index is 5.76. The Kier molecular flexibility index (Phi) is 4.82. The number of benzene rings is 1. The quantitative estimate of drug-likeness (QED) is 0.780. The predicted octanol–water partition coefficient (Wildman–Crippen LogP) is 2.94. The van der Waals surface area contributed by atoms with Crippen LogP contribution in [0.2, 0.25) is 0 Å². The molecule has 0 aliphatic heterocycles. The number of para-hydroxylation sites is 1. The molecule has 1 heterocycles. The summed E-state index contributed by atoms with van der Waals surface area (Å²) < 4.78 is 16.9. The minimum atomic E-state index is 0.330. The van der Waals surface area contributed by atoms with Gasteiger partial charge in [0.1, 0.15) is 12.2 Å². The van der Waals surface area contributed by atoms with E-state index in [0.717, 1.165) is 23.3 Å². The first kappa shape index (κ1) is 13.9. The maximum Gasteiger partial charge on any atom is 0.169 e. The highest BCUT2D eigenvalue weighted by Crippen LogP contribution is 2.32. The normalized spacial score (nSPS) is 11.4. The highest BCUT2D eigenvalue weighted by molar-refractivity contribution is 5.85. The molecule has 2 rings (SSSR count). The molecule has 104 valence electrons. The zero-order valence-corrected chi connectivity index (χ0v) is 11.5. The van der Waals surface area contributed by atoms with Crippen molar-refractivity contribution in [1.29, 1.82) is 0 Å². The van der Waals surface area contributed by atoms with E-state index < -0.39 is 0 Å². The predicted molar refractivity (Wildman–Crippen MR) is 75.3 cm³/mol. The molecule has 0 saturated heterocycles. The van der Waals surface area contributed by atoms with Gasteiger partial charge in [-0.3, -0.25) is 0 Å². The third-order valence-corrected chi connectivity index (χ3v) is 2.73. The van der Waals surface area contributed by atoms with Crippen molar-refractivity contribution >= 4 is 11.0 Å². The molecule has 0 fully saturated rings. The molecule has 0 amide bonds. The molecule has 4 nitrogen and oxygen atoms in total. The fourth-order valence-corrected chi connectivity index (χ4v) is 1.89. The lowest BCUT2D eigenvalue weighted by Gasteiger charge is -2.08. The smallest absolute Gasteiger partial charge is 0.169 e. The lowest BCUT2D eigenvalue weighted by molar-refractivity contribution is 0.0817. The van der Waals surface area contributed by atoms with Crippen molar-refractivity contribution in [1.82, 2.24) is 0 Å². The number of fused-ring (bicyclic) bond motifs is 1. The molecule has 0 bridgehead atoms. The van der Waals surface area contributed by atoms with E-state index in [1.807, 2.05) is 24.3 Å². The van der Waals surface area contributed by atoms with E-state index in [1.165, 1.54) is 0 Å². The summed E-state index contributed by atoms with van der Waals surface area (Å²) in [7, 11) is 0. The van der Waals surface area contributed by atoms with E-state index in [0.29, 0.717) is 31.4 Å². The SMILES string of the molecule is CC(C)COCCOc1c(CN)oc2ccccc12. The summed E-state index contributed by atoms with van der Waals surface area (Å²) in [6.45, 7) is 6.40. The van der Waals surface area contributed by atoms with Crippen LogP contribution in [0.5, 0.6) is 5.75 Å². The van der Waals surface area contributed by atoms with Crippen LogP contribution in [0, 0.1) is 5.92 Å². The number of ether oxygens (including phenoxy) is 2. The Bertz CT molecular complexity index is 519. The number of rotatable bonds is 7. The van der Waals surface area contributed by atoms with E-state index in [-0.39, 0.29) is 0 Å². The molecule has 19 heavy (non-hydrogen) atoms. The zero-order valence-electron chi connectivity index (χ0n) is 11.5. The molecule has 0 aliphatic rings. The molecule has 0 spiro atoms. The summed E-state index contributed by atoms with van der Waals surface area (Å²) in [5, 5.41) is 0.965. The fraction of sp³-hybridized carbons (Fsp3) is 0.467. The van der Waals surface area contributed by atoms with Gasteiger partial charge < -0.3 is 19.6 Å². The first-order valence-electron chi connectivity index (χ1n) is 6.63. The van der Waals surface area contributed by atoms with Gasteiger partial charge in [0.25, 0.3) is 0 Å². The van der Waals surface area contributed by atoms with Gasteiger partial charge in [-0.2, -0.15) is 0 Å². The topological polar surface area (TPSA) is 57.6 Å². The molecule has 1 aromatic carbocycles. The Morgan fingerprint density at radius 3 is 2.74 bits per heavy atom. The fourth-order valence-electron chi connectivity index (χ4n) is 1.89. The van der Waals surface area contributed by atoms with Gasteiger partial charge in [-0.25, -0.2) is 0 Å². The van der Waals surface area contributed by atoms with Crippen molar-refractivity contribution in [2.45, 2.75) is 20.4 Å². The molecule has 0 unspecified atom stereocenters. The van der Waals surface area contributed by atoms with Crippen LogP contribution in [0.4, 0.5) is 0 Å². The van der Waals surface area contributed by atoms with E-state index in [9.17, 15) is 0 Å². The molecule has 0 atom stereocenters. The highest BCUT2D eigenvalue weighted by atomic mass is 16.5. The summed E-state index contributed by atoms with van der Waals surface area (Å²) in [4.78, 5) is 0. The lowest BCUT2D eigenvalue weighted by atomic mass is 10.2. The van der Waals surface area contributed by atoms with E-state index in [4.69, 9.17) is 19.6 Å². The Morgan fingerprint density at radius 2 is 2.00 bits per heavy atom. The minimum absolute atomic E-state index is 0.330. The van der Waals surface area contributed by atoms with Crippen molar-refractivity contribution in [3.8, 4) is 5.75 Å². The summed E-state index contributed by atoms with van der Waals surface area (Å²) in [6, 6.07) is 7.78. The van der Waals surface area contributed by atoms with Crippen LogP contribution in [0.1, 0.15) is 19.6 Å². The molecule has 0 saturated carbocycles. The minimum Gasteiger partial charge on any atom is -0.487 e. The molecule has 0 aliphatic carbocycles. The third kappa shape index (κ3) is 3.49. The molecular formula is C15H21NO3. The van der Waals surface area contributed by atoms with Gasteiger partial charge in [-0.1, -0.05) is 26.0 Å². The molecule has 4 heteroatoms. The Balaban J connectivity index is 1.99. The van der Waals surface area contributed by atoms with Gasteiger partial charge in [0.2, 0.25) is 0 Å². The molecular weight excluding hydrogens is 242 g/mol. The van der Waals surface area contributed by atoms with Gasteiger partial charge in [0.05, 0.1) is 18.5 Å². The van der Waals surface area contributed by atoms with Crippen molar-refractivity contribution in [3.05, 3.63) is 30.0 Å². The van der Waals surface area contributed by atoms with Gasteiger partial charge in [-0.15, -0.1) is 0 Å². The lowest BCUT2D eigenvalue weighted by Crippen LogP contribution is -2.11. The molecule has 0 radical (unpaired) electrons. The van der Waals surface area contributed by atoms with E-state index >= 15 is 0 Å². The monoisotopic (exact) mass is 263 g/mol. The third-order valence-electron chi connectivity index (χ3n) is 2.73. The van der Waals surface area contributed by atoms with Gasteiger partial charge in [0.15, 0.2) is 11.5 Å². The average Bonchev–Trinajstić information content (AvgIpc) is 2.76. The van der Waals surface area contributed by atoms with Crippen molar-refractivity contribution in [3.63, 3.8) is 0 Å². The van der Waals surface area contributed by atoms with Gasteiger partial charge in [-0.05, 0) is 18.1 Å². The molecule has 2 aromatic rings. The first-order valence-corrected chi connectivity index (χ1v) is 6.63. The van der Waals surface area contributed by atoms with Crippen molar-refractivity contribution in [2.24, 2.45) is 11.7 Å². The first-order chi connectivity index (χ1) is 9.22. The Hall–Kier alpha value is -1.52. The van der Waals surface area contributed by atoms with Crippen LogP contribution in [0.15, 0.2) is 28.7 Å². The van der Waals surface area contributed by atoms with Crippen molar-refractivity contribution < 1.29 is 13.9 Å². The standard InChI is InChI=1S/C15H21NO3/c1-11(2)10-17-7-8-18-15-12-5-3-4-6-13(12)19-14(15)9-16/h3-6,11H,7-10,16H2,1-2H3. The van der Waals surface area contributed by atoms with Gasteiger partial charge >= 0.3 is 0 Å². The molecule has 2 N–H and O–H groups in total. The van der Waals surface area contributed by atoms with E-state index in [1.54, 1.807) is 0 Å². The number of nitrogens with two attached hydrogens (primary N) is 1. The van der Waals surface area contributed by atoms with Crippen LogP contribution in [0.25, 0.3) is 11.0 Å². The van der Waals surface area contributed by atoms with Gasteiger partial charge in [0, 0.05) is 6.61 Å². The second-order valence-corrected chi connectivity index (χ2v) is 4.87. The van der Waals surface area contributed by atoms with Crippen LogP contribution in [0.3, 0.4) is 0 Å². The van der Waals surface area contributed by atoms with Crippen LogP contribution >= 0.6 is 0 Å². The summed E-state index contributed by atoms with van der Waals surface area (Å²) >= 11 is 0. The van der Waals surface area contributed by atoms with Crippen LogP contribution < -0.4 is 10.5 Å². The maximum atomic E-state index is 5.76. The largest absolute Gasteiger partial charge is 0.487 e. The molecule has 1 aromatic heterocycles. The van der Waals surface area contributed by atoms with Crippen LogP contribution in [-0.4, -0.2) is 19.8 Å². The second-order valence-electron chi connectivity index (χ2n) is 4.87. The summed E-state index contributed by atoms with van der Waals surface area (Å²) in [5.74, 6) is 1.96.